The minimum Gasteiger partial charge on any atom is -0.0885 e. The van der Waals surface area contributed by atoms with Gasteiger partial charge in [-0.2, -0.15) is 0 Å². The average molecular weight is 323 g/mol. The molecular formula is C23H46. The maximum absolute atomic E-state index is 2.43. The van der Waals surface area contributed by atoms with Gasteiger partial charge in [-0.05, 0) is 31.6 Å². The molecule has 0 N–H and O–H groups in total. The summed E-state index contributed by atoms with van der Waals surface area (Å²) in [5, 5.41) is 0. The van der Waals surface area contributed by atoms with Crippen molar-refractivity contribution in [2.75, 3.05) is 0 Å². The minimum atomic E-state index is 0.955. The Bertz CT molecular complexity index is 228. The molecule has 0 saturated carbocycles. The standard InChI is InChI=1S/C23H46/c1-4-6-7-8-9-10-11-12-13-14-15-16-17-18-19-20-22-23(3)21-5-2/h12-13,23H,4-11,14-22H2,1-3H3/b13-12+. The zero-order valence-corrected chi connectivity index (χ0v) is 16.8. The molecule has 0 bridgehead atoms. The Morgan fingerprint density at radius 3 is 1.52 bits per heavy atom. The van der Waals surface area contributed by atoms with Gasteiger partial charge >= 0.3 is 0 Å². The highest BCUT2D eigenvalue weighted by Crippen LogP contribution is 2.16. The summed E-state index contributed by atoms with van der Waals surface area (Å²) in [6.07, 6.45) is 28.9. The number of hydrogen-bond acceptors (Lipinski definition) is 0. The summed E-state index contributed by atoms with van der Waals surface area (Å²) in [5.74, 6) is 0.955. The van der Waals surface area contributed by atoms with E-state index in [1.807, 2.05) is 0 Å². The first-order chi connectivity index (χ1) is 11.3. The van der Waals surface area contributed by atoms with Crippen LogP contribution in [0.5, 0.6) is 0 Å². The normalized spacial score (nSPS) is 13.0. The number of allylic oxidation sites excluding steroid dienone is 2. The molecule has 0 aromatic rings. The van der Waals surface area contributed by atoms with Crippen LogP contribution in [0.25, 0.3) is 0 Å². The molecule has 1 atom stereocenters. The van der Waals surface area contributed by atoms with Crippen LogP contribution >= 0.6 is 0 Å². The third kappa shape index (κ3) is 19.7. The summed E-state index contributed by atoms with van der Waals surface area (Å²) in [5.41, 5.74) is 0. The van der Waals surface area contributed by atoms with Gasteiger partial charge in [0.05, 0.1) is 0 Å². The lowest BCUT2D eigenvalue weighted by Crippen LogP contribution is -1.93. The Kier molecular flexibility index (Phi) is 19.6. The molecule has 138 valence electrons. The van der Waals surface area contributed by atoms with Crippen molar-refractivity contribution in [2.24, 2.45) is 5.92 Å². The molecule has 0 radical (unpaired) electrons. The third-order valence-corrected chi connectivity index (χ3v) is 4.99. The van der Waals surface area contributed by atoms with Gasteiger partial charge in [0, 0.05) is 0 Å². The van der Waals surface area contributed by atoms with E-state index in [1.54, 1.807) is 0 Å². The van der Waals surface area contributed by atoms with Crippen LogP contribution in [0.4, 0.5) is 0 Å². The smallest absolute Gasteiger partial charge is 0.0351 e. The zero-order chi connectivity index (χ0) is 17.0. The summed E-state index contributed by atoms with van der Waals surface area (Å²) >= 11 is 0. The molecule has 0 nitrogen and oxygen atoms in total. The minimum absolute atomic E-state index is 0.955. The summed E-state index contributed by atoms with van der Waals surface area (Å²) in [7, 11) is 0. The lowest BCUT2D eigenvalue weighted by Gasteiger charge is -2.08. The van der Waals surface area contributed by atoms with Crippen molar-refractivity contribution in [3.63, 3.8) is 0 Å². The SMILES string of the molecule is CCCCCCCC/C=C/CCCCCCCCC(C)CCC. The van der Waals surface area contributed by atoms with Crippen LogP contribution in [0.3, 0.4) is 0 Å². The van der Waals surface area contributed by atoms with Crippen molar-refractivity contribution in [1.82, 2.24) is 0 Å². The van der Waals surface area contributed by atoms with Gasteiger partial charge in [-0.25, -0.2) is 0 Å². The van der Waals surface area contributed by atoms with Crippen molar-refractivity contribution in [1.29, 1.82) is 0 Å². The van der Waals surface area contributed by atoms with E-state index < -0.39 is 0 Å². The molecule has 0 aliphatic heterocycles. The summed E-state index contributed by atoms with van der Waals surface area (Å²) in [6.45, 7) is 7.01. The van der Waals surface area contributed by atoms with E-state index in [9.17, 15) is 0 Å². The largest absolute Gasteiger partial charge is 0.0885 e. The highest BCUT2D eigenvalue weighted by atomic mass is 14.1. The first kappa shape index (κ1) is 22.7. The van der Waals surface area contributed by atoms with Gasteiger partial charge in [0.2, 0.25) is 0 Å². The number of unbranched alkanes of at least 4 members (excludes halogenated alkanes) is 12. The Morgan fingerprint density at radius 1 is 0.522 bits per heavy atom. The summed E-state index contributed by atoms with van der Waals surface area (Å²) in [6, 6.07) is 0. The molecular weight excluding hydrogens is 276 g/mol. The highest BCUT2D eigenvalue weighted by molar-refractivity contribution is 4.81. The van der Waals surface area contributed by atoms with Crippen LogP contribution in [-0.4, -0.2) is 0 Å². The van der Waals surface area contributed by atoms with Crippen molar-refractivity contribution in [3.05, 3.63) is 12.2 Å². The van der Waals surface area contributed by atoms with E-state index >= 15 is 0 Å². The van der Waals surface area contributed by atoms with E-state index in [4.69, 9.17) is 0 Å². The van der Waals surface area contributed by atoms with Gasteiger partial charge in [0.15, 0.2) is 0 Å². The maximum Gasteiger partial charge on any atom is -0.0351 e. The fourth-order valence-corrected chi connectivity index (χ4v) is 3.38. The van der Waals surface area contributed by atoms with Gasteiger partial charge in [0.25, 0.3) is 0 Å². The van der Waals surface area contributed by atoms with Gasteiger partial charge < -0.3 is 0 Å². The molecule has 0 heterocycles. The Hall–Kier alpha value is -0.260. The van der Waals surface area contributed by atoms with Gasteiger partial charge in [0.1, 0.15) is 0 Å². The molecule has 0 heteroatoms. The van der Waals surface area contributed by atoms with Crippen LogP contribution in [-0.2, 0) is 0 Å². The lowest BCUT2D eigenvalue weighted by atomic mass is 9.98. The fraction of sp³-hybridized carbons (Fsp3) is 0.913. The number of hydrogen-bond donors (Lipinski definition) is 0. The molecule has 23 heavy (non-hydrogen) atoms. The van der Waals surface area contributed by atoms with Crippen molar-refractivity contribution < 1.29 is 0 Å². The molecule has 1 unspecified atom stereocenters. The molecule has 0 amide bonds. The van der Waals surface area contributed by atoms with Crippen LogP contribution in [0.1, 0.15) is 130 Å². The second kappa shape index (κ2) is 19.8. The second-order valence-electron chi connectivity index (χ2n) is 7.62. The topological polar surface area (TPSA) is 0 Å². The Labute approximate surface area is 148 Å². The van der Waals surface area contributed by atoms with Gasteiger partial charge in [-0.15, -0.1) is 0 Å². The van der Waals surface area contributed by atoms with Crippen LogP contribution in [0, 0.1) is 5.92 Å². The Balaban J connectivity index is 3.10. The van der Waals surface area contributed by atoms with Crippen molar-refractivity contribution in [2.45, 2.75) is 130 Å². The van der Waals surface area contributed by atoms with Gasteiger partial charge in [-0.3, -0.25) is 0 Å². The van der Waals surface area contributed by atoms with Crippen LogP contribution in [0.15, 0.2) is 12.2 Å². The monoisotopic (exact) mass is 322 g/mol. The molecule has 0 aliphatic carbocycles. The first-order valence-electron chi connectivity index (χ1n) is 11.0. The predicted octanol–water partition coefficient (Wildman–Crippen LogP) is 8.85. The predicted molar refractivity (Wildman–Crippen MR) is 108 cm³/mol. The average Bonchev–Trinajstić information content (AvgIpc) is 2.54. The molecule has 0 aromatic heterocycles. The third-order valence-electron chi connectivity index (χ3n) is 4.99. The fourth-order valence-electron chi connectivity index (χ4n) is 3.38. The lowest BCUT2D eigenvalue weighted by molar-refractivity contribution is 0.451. The first-order valence-corrected chi connectivity index (χ1v) is 11.0. The number of rotatable bonds is 18. The molecule has 0 fully saturated rings. The quantitative estimate of drug-likeness (QED) is 0.174. The maximum atomic E-state index is 2.43. The summed E-state index contributed by atoms with van der Waals surface area (Å²) in [4.78, 5) is 0. The van der Waals surface area contributed by atoms with E-state index in [0.717, 1.165) is 5.92 Å². The van der Waals surface area contributed by atoms with E-state index in [0.29, 0.717) is 0 Å². The van der Waals surface area contributed by atoms with E-state index in [2.05, 4.69) is 32.9 Å². The van der Waals surface area contributed by atoms with Crippen molar-refractivity contribution >= 4 is 0 Å². The summed E-state index contributed by atoms with van der Waals surface area (Å²) < 4.78 is 0. The van der Waals surface area contributed by atoms with Crippen LogP contribution < -0.4 is 0 Å². The molecule has 0 spiro atoms. The molecule has 0 saturated heterocycles. The molecule has 0 aromatic carbocycles. The molecule has 0 rings (SSSR count). The zero-order valence-electron chi connectivity index (χ0n) is 16.8. The highest BCUT2D eigenvalue weighted by Gasteiger charge is 1.99. The van der Waals surface area contributed by atoms with Crippen molar-refractivity contribution in [3.8, 4) is 0 Å². The van der Waals surface area contributed by atoms with E-state index in [1.165, 1.54) is 109 Å². The second-order valence-corrected chi connectivity index (χ2v) is 7.62. The van der Waals surface area contributed by atoms with Gasteiger partial charge in [-0.1, -0.05) is 116 Å². The van der Waals surface area contributed by atoms with Crippen LogP contribution in [0.2, 0.25) is 0 Å². The van der Waals surface area contributed by atoms with E-state index in [-0.39, 0.29) is 0 Å². The molecule has 0 aliphatic rings. The Morgan fingerprint density at radius 2 is 1.00 bits per heavy atom.